The first kappa shape index (κ1) is 20.4. The number of fused-ring (bicyclic) bond motifs is 1. The second kappa shape index (κ2) is 8.80. The molecular formula is C21H27ClN4O2. The van der Waals surface area contributed by atoms with Crippen molar-refractivity contribution in [2.75, 3.05) is 19.6 Å². The van der Waals surface area contributed by atoms with Gasteiger partial charge >= 0.3 is 0 Å². The third-order valence-corrected chi connectivity index (χ3v) is 5.40. The number of halogens is 1. The van der Waals surface area contributed by atoms with E-state index in [0.717, 1.165) is 42.7 Å². The number of para-hydroxylation sites is 1. The minimum atomic E-state index is -0.156. The molecule has 7 heteroatoms. The van der Waals surface area contributed by atoms with Crippen LogP contribution in [0.3, 0.4) is 0 Å². The third kappa shape index (κ3) is 3.93. The second-order valence-electron chi connectivity index (χ2n) is 7.13. The number of benzene rings is 1. The first-order valence-electron chi connectivity index (χ1n) is 9.72. The molecule has 4 rings (SSSR count). The highest BCUT2D eigenvalue weighted by molar-refractivity contribution is 5.92. The summed E-state index contributed by atoms with van der Waals surface area (Å²) >= 11 is 0. The Bertz CT molecular complexity index is 896. The van der Waals surface area contributed by atoms with Crippen molar-refractivity contribution in [2.45, 2.75) is 38.8 Å². The minimum absolute atomic E-state index is 0. The zero-order valence-electron chi connectivity index (χ0n) is 16.3. The molecule has 0 saturated carbocycles. The van der Waals surface area contributed by atoms with Gasteiger partial charge in [0.1, 0.15) is 17.0 Å². The summed E-state index contributed by atoms with van der Waals surface area (Å²) in [6, 6.07) is 11.9. The zero-order chi connectivity index (χ0) is 18.8. The maximum atomic E-state index is 13.1. The maximum Gasteiger partial charge on any atom is 0.274 e. The van der Waals surface area contributed by atoms with E-state index in [9.17, 15) is 4.79 Å². The van der Waals surface area contributed by atoms with E-state index in [-0.39, 0.29) is 24.4 Å². The lowest BCUT2D eigenvalue weighted by Crippen LogP contribution is -2.34. The van der Waals surface area contributed by atoms with Crippen molar-refractivity contribution in [3.63, 3.8) is 0 Å². The number of furan rings is 1. The minimum Gasteiger partial charge on any atom is -0.459 e. The molecule has 3 aromatic rings. The van der Waals surface area contributed by atoms with Crippen LogP contribution in [0.2, 0.25) is 0 Å². The first-order chi connectivity index (χ1) is 13.2. The molecule has 150 valence electrons. The van der Waals surface area contributed by atoms with Gasteiger partial charge in [-0.2, -0.15) is 5.10 Å². The lowest BCUT2D eigenvalue weighted by atomic mass is 10.1. The first-order valence-corrected chi connectivity index (χ1v) is 9.72. The number of hydrogen-bond donors (Lipinski definition) is 1. The van der Waals surface area contributed by atoms with Crippen molar-refractivity contribution >= 4 is 29.3 Å². The highest BCUT2D eigenvalue weighted by atomic mass is 35.5. The molecule has 1 amide bonds. The molecule has 0 bridgehead atoms. The van der Waals surface area contributed by atoms with Crippen LogP contribution in [0.25, 0.3) is 11.0 Å². The van der Waals surface area contributed by atoms with E-state index in [0.29, 0.717) is 18.3 Å². The van der Waals surface area contributed by atoms with Gasteiger partial charge in [-0.05, 0) is 51.4 Å². The van der Waals surface area contributed by atoms with E-state index >= 15 is 0 Å². The molecule has 1 N–H and O–H groups in total. The van der Waals surface area contributed by atoms with Gasteiger partial charge in [0.2, 0.25) is 0 Å². The zero-order valence-corrected chi connectivity index (χ0v) is 17.1. The highest BCUT2D eigenvalue weighted by Crippen LogP contribution is 2.28. The average molecular weight is 403 g/mol. The van der Waals surface area contributed by atoms with Crippen LogP contribution in [-0.2, 0) is 0 Å². The molecule has 1 aliphatic rings. The number of nitrogens with zero attached hydrogens (tertiary/aromatic N) is 3. The molecule has 2 aromatic heterocycles. The van der Waals surface area contributed by atoms with Gasteiger partial charge in [-0.3, -0.25) is 9.48 Å². The van der Waals surface area contributed by atoms with Crippen molar-refractivity contribution < 1.29 is 9.21 Å². The monoisotopic (exact) mass is 402 g/mol. The van der Waals surface area contributed by atoms with Gasteiger partial charge < -0.3 is 14.6 Å². The topological polar surface area (TPSA) is 63.3 Å². The molecular weight excluding hydrogens is 376 g/mol. The number of rotatable bonds is 5. The molecule has 2 atom stereocenters. The number of amides is 1. The fourth-order valence-electron chi connectivity index (χ4n) is 3.82. The molecule has 0 radical (unpaired) electrons. The van der Waals surface area contributed by atoms with Gasteiger partial charge in [-0.25, -0.2) is 0 Å². The summed E-state index contributed by atoms with van der Waals surface area (Å²) in [7, 11) is 0. The Balaban J connectivity index is 0.00000225. The van der Waals surface area contributed by atoms with Gasteiger partial charge in [0.25, 0.3) is 5.91 Å². The summed E-state index contributed by atoms with van der Waals surface area (Å²) in [5.41, 5.74) is 1.34. The summed E-state index contributed by atoms with van der Waals surface area (Å²) < 4.78 is 7.90. The van der Waals surface area contributed by atoms with Crippen LogP contribution < -0.4 is 5.32 Å². The van der Waals surface area contributed by atoms with Crippen LogP contribution in [0.15, 0.2) is 47.0 Å². The summed E-state index contributed by atoms with van der Waals surface area (Å²) in [4.78, 5) is 14.9. The second-order valence-corrected chi connectivity index (χ2v) is 7.13. The van der Waals surface area contributed by atoms with Crippen molar-refractivity contribution in [3.8, 4) is 0 Å². The Kier molecular flexibility index (Phi) is 6.42. The van der Waals surface area contributed by atoms with Crippen molar-refractivity contribution in [3.05, 3.63) is 54.0 Å². The third-order valence-electron chi connectivity index (χ3n) is 5.40. The largest absolute Gasteiger partial charge is 0.459 e. The normalized spacial score (nSPS) is 17.9. The van der Waals surface area contributed by atoms with Crippen LogP contribution in [0, 0.1) is 0 Å². The average Bonchev–Trinajstić information content (AvgIpc) is 3.36. The van der Waals surface area contributed by atoms with Gasteiger partial charge in [0.15, 0.2) is 0 Å². The van der Waals surface area contributed by atoms with Gasteiger partial charge in [0, 0.05) is 24.7 Å². The summed E-state index contributed by atoms with van der Waals surface area (Å²) in [5, 5.41) is 9.02. The lowest BCUT2D eigenvalue weighted by molar-refractivity contribution is 0.0677. The lowest BCUT2D eigenvalue weighted by Gasteiger charge is -2.26. The number of hydrogen-bond acceptors (Lipinski definition) is 4. The molecule has 1 fully saturated rings. The van der Waals surface area contributed by atoms with E-state index in [1.54, 1.807) is 0 Å². The predicted octanol–water partition coefficient (Wildman–Crippen LogP) is 4.20. The fraction of sp³-hybridized carbons (Fsp3) is 0.429. The number of carbonyl (C=O) groups is 1. The number of piperidine rings is 1. The molecule has 28 heavy (non-hydrogen) atoms. The van der Waals surface area contributed by atoms with E-state index in [1.165, 1.54) is 0 Å². The van der Waals surface area contributed by atoms with Crippen LogP contribution >= 0.6 is 12.4 Å². The quantitative estimate of drug-likeness (QED) is 0.694. The Hall–Kier alpha value is -2.31. The molecule has 1 saturated heterocycles. The van der Waals surface area contributed by atoms with E-state index in [4.69, 9.17) is 4.42 Å². The van der Waals surface area contributed by atoms with Crippen LogP contribution in [0.4, 0.5) is 0 Å². The van der Waals surface area contributed by atoms with Crippen molar-refractivity contribution in [1.82, 2.24) is 20.0 Å². The van der Waals surface area contributed by atoms with E-state index < -0.39 is 0 Å². The molecule has 1 aliphatic heterocycles. The fourth-order valence-corrected chi connectivity index (χ4v) is 3.82. The highest BCUT2D eigenvalue weighted by Gasteiger charge is 2.26. The summed E-state index contributed by atoms with van der Waals surface area (Å²) in [5.74, 6) is 0.732. The Morgan fingerprint density at radius 1 is 1.39 bits per heavy atom. The summed E-state index contributed by atoms with van der Waals surface area (Å²) in [6.07, 6.45) is 4.15. The Morgan fingerprint density at radius 3 is 2.93 bits per heavy atom. The molecule has 3 heterocycles. The molecule has 6 nitrogen and oxygen atoms in total. The van der Waals surface area contributed by atoms with E-state index in [2.05, 4.69) is 10.4 Å². The Labute approximate surface area is 171 Å². The smallest absolute Gasteiger partial charge is 0.274 e. The Morgan fingerprint density at radius 2 is 2.21 bits per heavy atom. The van der Waals surface area contributed by atoms with Gasteiger partial charge in [0.05, 0.1) is 12.1 Å². The molecule has 0 aliphatic carbocycles. The number of nitrogens with one attached hydrogen (secondary N) is 1. The predicted molar refractivity (Wildman–Crippen MR) is 112 cm³/mol. The number of aromatic nitrogens is 2. The van der Waals surface area contributed by atoms with Crippen molar-refractivity contribution in [1.29, 1.82) is 0 Å². The van der Waals surface area contributed by atoms with E-state index in [1.807, 2.05) is 66.0 Å². The van der Waals surface area contributed by atoms with Crippen LogP contribution in [0.1, 0.15) is 55.0 Å². The molecule has 2 unspecified atom stereocenters. The standard InChI is InChI=1S/C21H26N4O2.ClH/c1-3-24(15(2)20-13-16-7-4-5-9-19(16)27-20)21(26)18-10-12-25(23-18)17-8-6-11-22-14-17;/h4-5,7,9-10,12-13,15,17,22H,3,6,8,11,14H2,1-2H3;1H. The molecule has 0 spiro atoms. The molecule has 1 aromatic carbocycles. The van der Waals surface area contributed by atoms with Crippen molar-refractivity contribution in [2.24, 2.45) is 0 Å². The number of carbonyl (C=O) groups excluding carboxylic acids is 1. The van der Waals surface area contributed by atoms with Gasteiger partial charge in [-0.1, -0.05) is 18.2 Å². The summed E-state index contributed by atoms with van der Waals surface area (Å²) in [6.45, 7) is 6.54. The van der Waals surface area contributed by atoms with Crippen LogP contribution in [-0.4, -0.2) is 40.2 Å². The van der Waals surface area contributed by atoms with Crippen LogP contribution in [0.5, 0.6) is 0 Å². The van der Waals surface area contributed by atoms with Gasteiger partial charge in [-0.15, -0.1) is 12.4 Å². The SMILES string of the molecule is CCN(C(=O)c1ccn(C2CCCNC2)n1)C(C)c1cc2ccccc2o1.Cl. The maximum absolute atomic E-state index is 13.1.